The molecule has 0 saturated heterocycles. The summed E-state index contributed by atoms with van der Waals surface area (Å²) < 4.78 is 5.49. The largest absolute Gasteiger partial charge is 0.494 e. The van der Waals surface area contributed by atoms with E-state index in [1.807, 2.05) is 49.4 Å². The lowest BCUT2D eigenvalue weighted by Gasteiger charge is -2.27. The standard InChI is InChI=1S/C19H20O2/c1-2-21-16-10-6-9-15(13-16)19(20)18-12-4-3-11-17(18)14-7-5-8-14/h3-4,6,9-14H,2,5,7-8H2,1H3. The summed E-state index contributed by atoms with van der Waals surface area (Å²) in [5.41, 5.74) is 2.75. The van der Waals surface area contributed by atoms with Crippen molar-refractivity contribution in [2.75, 3.05) is 6.61 Å². The Kier molecular flexibility index (Phi) is 4.05. The van der Waals surface area contributed by atoms with Gasteiger partial charge in [-0.2, -0.15) is 0 Å². The van der Waals surface area contributed by atoms with Gasteiger partial charge in [0.2, 0.25) is 0 Å². The van der Waals surface area contributed by atoms with Gasteiger partial charge in [0.15, 0.2) is 5.78 Å². The molecule has 2 heteroatoms. The van der Waals surface area contributed by atoms with E-state index in [1.54, 1.807) is 0 Å². The molecule has 2 nitrogen and oxygen atoms in total. The Balaban J connectivity index is 1.93. The lowest BCUT2D eigenvalue weighted by molar-refractivity contribution is 0.103. The molecule has 108 valence electrons. The summed E-state index contributed by atoms with van der Waals surface area (Å²) in [6, 6.07) is 15.5. The normalized spacial score (nSPS) is 14.5. The van der Waals surface area contributed by atoms with Crippen LogP contribution in [0.25, 0.3) is 0 Å². The van der Waals surface area contributed by atoms with Crippen LogP contribution in [0.1, 0.15) is 53.6 Å². The first-order valence-electron chi connectivity index (χ1n) is 7.66. The minimum atomic E-state index is 0.0963. The fourth-order valence-corrected chi connectivity index (χ4v) is 2.83. The van der Waals surface area contributed by atoms with Crippen LogP contribution in [0.2, 0.25) is 0 Å². The number of ether oxygens (including phenoxy) is 1. The van der Waals surface area contributed by atoms with Crippen molar-refractivity contribution in [3.8, 4) is 5.75 Å². The Labute approximate surface area is 125 Å². The zero-order valence-electron chi connectivity index (χ0n) is 12.3. The number of carbonyl (C=O) groups excluding carboxylic acids is 1. The summed E-state index contributed by atoms with van der Waals surface area (Å²) >= 11 is 0. The maximum atomic E-state index is 12.8. The summed E-state index contributed by atoms with van der Waals surface area (Å²) in [6.07, 6.45) is 3.67. The van der Waals surface area contributed by atoms with Crippen LogP contribution in [0.4, 0.5) is 0 Å². The van der Waals surface area contributed by atoms with Crippen molar-refractivity contribution < 1.29 is 9.53 Å². The molecule has 2 aromatic carbocycles. The molecule has 1 aliphatic carbocycles. The molecule has 0 aromatic heterocycles. The molecule has 0 radical (unpaired) electrons. The van der Waals surface area contributed by atoms with E-state index in [0.29, 0.717) is 18.1 Å². The Bertz CT molecular complexity index is 642. The van der Waals surface area contributed by atoms with E-state index < -0.39 is 0 Å². The molecule has 21 heavy (non-hydrogen) atoms. The van der Waals surface area contributed by atoms with Crippen molar-refractivity contribution in [1.82, 2.24) is 0 Å². The van der Waals surface area contributed by atoms with Crippen LogP contribution < -0.4 is 4.74 Å². The molecule has 2 aromatic rings. The number of ketones is 1. The number of carbonyl (C=O) groups is 1. The van der Waals surface area contributed by atoms with E-state index in [-0.39, 0.29) is 5.78 Å². The van der Waals surface area contributed by atoms with Gasteiger partial charge in [-0.05, 0) is 43.4 Å². The molecule has 0 aliphatic heterocycles. The van der Waals surface area contributed by atoms with Gasteiger partial charge in [-0.1, -0.05) is 42.8 Å². The summed E-state index contributed by atoms with van der Waals surface area (Å²) in [4.78, 5) is 12.8. The van der Waals surface area contributed by atoms with Crippen LogP contribution in [-0.2, 0) is 0 Å². The molecule has 3 rings (SSSR count). The molecule has 1 saturated carbocycles. The smallest absolute Gasteiger partial charge is 0.193 e. The zero-order chi connectivity index (χ0) is 14.7. The Morgan fingerprint density at radius 1 is 1.14 bits per heavy atom. The van der Waals surface area contributed by atoms with Crippen molar-refractivity contribution in [2.24, 2.45) is 0 Å². The molecule has 1 fully saturated rings. The number of rotatable bonds is 5. The van der Waals surface area contributed by atoms with Crippen LogP contribution >= 0.6 is 0 Å². The van der Waals surface area contributed by atoms with Crippen molar-refractivity contribution in [3.63, 3.8) is 0 Å². The number of hydrogen-bond acceptors (Lipinski definition) is 2. The third-order valence-corrected chi connectivity index (χ3v) is 4.16. The van der Waals surface area contributed by atoms with E-state index in [9.17, 15) is 4.79 Å². The van der Waals surface area contributed by atoms with Gasteiger partial charge in [-0.25, -0.2) is 0 Å². The van der Waals surface area contributed by atoms with E-state index in [4.69, 9.17) is 4.74 Å². The molecule has 0 unspecified atom stereocenters. The number of benzene rings is 2. The molecule has 0 bridgehead atoms. The minimum Gasteiger partial charge on any atom is -0.494 e. The van der Waals surface area contributed by atoms with Crippen molar-refractivity contribution >= 4 is 5.78 Å². The van der Waals surface area contributed by atoms with Crippen LogP contribution in [0.15, 0.2) is 48.5 Å². The third-order valence-electron chi connectivity index (χ3n) is 4.16. The molecular weight excluding hydrogens is 260 g/mol. The average molecular weight is 280 g/mol. The fraction of sp³-hybridized carbons (Fsp3) is 0.316. The van der Waals surface area contributed by atoms with Gasteiger partial charge >= 0.3 is 0 Å². The SMILES string of the molecule is CCOc1cccc(C(=O)c2ccccc2C2CCC2)c1. The lowest BCUT2D eigenvalue weighted by atomic mass is 9.77. The Hall–Kier alpha value is -2.09. The van der Waals surface area contributed by atoms with Crippen LogP contribution in [-0.4, -0.2) is 12.4 Å². The second-order valence-electron chi connectivity index (χ2n) is 5.51. The summed E-state index contributed by atoms with van der Waals surface area (Å²) in [5, 5.41) is 0. The summed E-state index contributed by atoms with van der Waals surface area (Å²) in [7, 11) is 0. The van der Waals surface area contributed by atoms with Crippen LogP contribution in [0.5, 0.6) is 5.75 Å². The van der Waals surface area contributed by atoms with Gasteiger partial charge in [-0.15, -0.1) is 0 Å². The minimum absolute atomic E-state index is 0.0963. The molecule has 0 amide bonds. The predicted octanol–water partition coefficient (Wildman–Crippen LogP) is 4.58. The first-order valence-corrected chi connectivity index (χ1v) is 7.66. The van der Waals surface area contributed by atoms with E-state index in [2.05, 4.69) is 6.07 Å². The van der Waals surface area contributed by atoms with Gasteiger partial charge < -0.3 is 4.74 Å². The highest BCUT2D eigenvalue weighted by atomic mass is 16.5. The van der Waals surface area contributed by atoms with Gasteiger partial charge in [0.1, 0.15) is 5.75 Å². The van der Waals surface area contributed by atoms with Crippen LogP contribution in [0, 0.1) is 0 Å². The molecule has 0 spiro atoms. The van der Waals surface area contributed by atoms with E-state index in [0.717, 1.165) is 11.3 Å². The van der Waals surface area contributed by atoms with Crippen molar-refractivity contribution in [1.29, 1.82) is 0 Å². The summed E-state index contributed by atoms with van der Waals surface area (Å²) in [5.74, 6) is 1.41. The van der Waals surface area contributed by atoms with Gasteiger partial charge in [0.25, 0.3) is 0 Å². The van der Waals surface area contributed by atoms with Crippen molar-refractivity contribution in [2.45, 2.75) is 32.1 Å². The van der Waals surface area contributed by atoms with E-state index in [1.165, 1.54) is 24.8 Å². The Morgan fingerprint density at radius 3 is 2.67 bits per heavy atom. The highest BCUT2D eigenvalue weighted by Crippen LogP contribution is 2.38. The Morgan fingerprint density at radius 2 is 1.95 bits per heavy atom. The monoisotopic (exact) mass is 280 g/mol. The average Bonchev–Trinajstić information content (AvgIpc) is 2.46. The first kappa shape index (κ1) is 13.9. The third kappa shape index (κ3) is 2.85. The maximum Gasteiger partial charge on any atom is 0.193 e. The number of hydrogen-bond donors (Lipinski definition) is 0. The zero-order valence-corrected chi connectivity index (χ0v) is 12.3. The molecular formula is C19H20O2. The first-order chi connectivity index (χ1) is 10.3. The molecule has 1 aliphatic rings. The quantitative estimate of drug-likeness (QED) is 0.749. The second kappa shape index (κ2) is 6.13. The van der Waals surface area contributed by atoms with Gasteiger partial charge in [0.05, 0.1) is 6.61 Å². The lowest BCUT2D eigenvalue weighted by Crippen LogP contribution is -2.14. The highest BCUT2D eigenvalue weighted by molar-refractivity contribution is 6.10. The van der Waals surface area contributed by atoms with Gasteiger partial charge in [0, 0.05) is 11.1 Å². The molecule has 0 atom stereocenters. The molecule has 0 N–H and O–H groups in total. The van der Waals surface area contributed by atoms with Gasteiger partial charge in [-0.3, -0.25) is 4.79 Å². The molecule has 0 heterocycles. The van der Waals surface area contributed by atoms with Crippen molar-refractivity contribution in [3.05, 3.63) is 65.2 Å². The maximum absolute atomic E-state index is 12.8. The second-order valence-corrected chi connectivity index (χ2v) is 5.51. The fourth-order valence-electron chi connectivity index (χ4n) is 2.83. The summed E-state index contributed by atoms with van der Waals surface area (Å²) in [6.45, 7) is 2.55. The van der Waals surface area contributed by atoms with Crippen LogP contribution in [0.3, 0.4) is 0 Å². The predicted molar refractivity (Wildman–Crippen MR) is 84.1 cm³/mol. The highest BCUT2D eigenvalue weighted by Gasteiger charge is 2.24. The van der Waals surface area contributed by atoms with E-state index >= 15 is 0 Å². The topological polar surface area (TPSA) is 26.3 Å².